The van der Waals surface area contributed by atoms with Crippen LogP contribution in [0.5, 0.6) is 0 Å². The lowest BCUT2D eigenvalue weighted by Crippen LogP contribution is -2.30. The van der Waals surface area contributed by atoms with E-state index in [0.29, 0.717) is 31.4 Å². The number of amides is 1. The maximum absolute atomic E-state index is 13.4. The Morgan fingerprint density at radius 3 is 2.30 bits per heavy atom. The van der Waals surface area contributed by atoms with Gasteiger partial charge in [-0.3, -0.25) is 9.59 Å². The number of rotatable bonds is 3. The van der Waals surface area contributed by atoms with Crippen molar-refractivity contribution in [1.82, 2.24) is 0 Å². The third-order valence-corrected chi connectivity index (χ3v) is 3.44. The van der Waals surface area contributed by atoms with Crippen LogP contribution in [0.15, 0.2) is 12.1 Å². The number of carbonyl (C=O) groups is 2. The fourth-order valence-electron chi connectivity index (χ4n) is 2.41. The summed E-state index contributed by atoms with van der Waals surface area (Å²) >= 11 is 0. The van der Waals surface area contributed by atoms with Crippen LogP contribution in [-0.2, 0) is 9.59 Å². The summed E-state index contributed by atoms with van der Waals surface area (Å²) in [5, 5.41) is 11.1. The van der Waals surface area contributed by atoms with E-state index < -0.39 is 46.9 Å². The molecule has 20 heavy (non-hydrogen) atoms. The molecule has 108 valence electrons. The molecule has 0 heterocycles. The largest absolute Gasteiger partial charge is 0.481 e. The van der Waals surface area contributed by atoms with E-state index in [1.165, 1.54) is 0 Å². The summed E-state index contributed by atoms with van der Waals surface area (Å²) in [4.78, 5) is 22.9. The first-order chi connectivity index (χ1) is 9.40. The van der Waals surface area contributed by atoms with Crippen LogP contribution in [0.3, 0.4) is 0 Å². The molecule has 2 N–H and O–H groups in total. The van der Waals surface area contributed by atoms with Crippen molar-refractivity contribution < 1.29 is 27.9 Å². The highest BCUT2D eigenvalue weighted by molar-refractivity contribution is 5.95. The first-order valence-electron chi connectivity index (χ1n) is 6.08. The van der Waals surface area contributed by atoms with Gasteiger partial charge in [0.05, 0.1) is 17.5 Å². The van der Waals surface area contributed by atoms with Gasteiger partial charge in [-0.1, -0.05) is 6.42 Å². The van der Waals surface area contributed by atoms with Crippen LogP contribution < -0.4 is 5.32 Å². The molecule has 1 amide bonds. The minimum absolute atomic E-state index is 0.328. The lowest BCUT2D eigenvalue weighted by molar-refractivity contribution is -0.145. The van der Waals surface area contributed by atoms with E-state index in [9.17, 15) is 22.8 Å². The number of carboxylic acid groups (broad SMARTS) is 1. The summed E-state index contributed by atoms with van der Waals surface area (Å²) < 4.78 is 39.2. The fraction of sp³-hybridized carbons (Fsp3) is 0.385. The Morgan fingerprint density at radius 1 is 1.05 bits per heavy atom. The van der Waals surface area contributed by atoms with E-state index in [-0.39, 0.29) is 0 Å². The zero-order valence-electron chi connectivity index (χ0n) is 10.3. The minimum atomic E-state index is -1.36. The molecule has 0 aromatic heterocycles. The van der Waals surface area contributed by atoms with Crippen LogP contribution in [0.2, 0.25) is 0 Å². The Hall–Kier alpha value is -2.05. The molecule has 1 saturated carbocycles. The Balaban J connectivity index is 2.16. The highest BCUT2D eigenvalue weighted by Gasteiger charge is 2.38. The number of hydrogen-bond acceptors (Lipinski definition) is 2. The van der Waals surface area contributed by atoms with Gasteiger partial charge in [0.1, 0.15) is 5.82 Å². The average Bonchev–Trinajstić information content (AvgIpc) is 2.85. The molecule has 7 heteroatoms. The van der Waals surface area contributed by atoms with Gasteiger partial charge < -0.3 is 10.4 Å². The van der Waals surface area contributed by atoms with Crippen molar-refractivity contribution in [1.29, 1.82) is 0 Å². The third-order valence-electron chi connectivity index (χ3n) is 3.44. The van der Waals surface area contributed by atoms with Crippen LogP contribution in [0, 0.1) is 29.3 Å². The number of benzene rings is 1. The van der Waals surface area contributed by atoms with Gasteiger partial charge in [0.2, 0.25) is 5.91 Å². The molecule has 2 rings (SSSR count). The minimum Gasteiger partial charge on any atom is -0.481 e. The second-order valence-corrected chi connectivity index (χ2v) is 4.72. The highest BCUT2D eigenvalue weighted by Crippen LogP contribution is 2.33. The van der Waals surface area contributed by atoms with Gasteiger partial charge in [0, 0.05) is 12.1 Å². The first-order valence-corrected chi connectivity index (χ1v) is 6.08. The Bertz CT molecular complexity index is 562. The van der Waals surface area contributed by atoms with Gasteiger partial charge >= 0.3 is 5.97 Å². The monoisotopic (exact) mass is 287 g/mol. The van der Waals surface area contributed by atoms with Gasteiger partial charge in [-0.05, 0) is 12.8 Å². The second-order valence-electron chi connectivity index (χ2n) is 4.72. The van der Waals surface area contributed by atoms with Crippen molar-refractivity contribution in [3.8, 4) is 0 Å². The molecule has 1 aliphatic rings. The normalized spacial score (nSPS) is 21.8. The van der Waals surface area contributed by atoms with E-state index in [1.54, 1.807) is 0 Å². The third kappa shape index (κ3) is 2.76. The van der Waals surface area contributed by atoms with E-state index in [1.807, 2.05) is 0 Å². The van der Waals surface area contributed by atoms with Crippen molar-refractivity contribution in [3.05, 3.63) is 29.6 Å². The van der Waals surface area contributed by atoms with Crippen molar-refractivity contribution in [3.63, 3.8) is 0 Å². The predicted octanol–water partition coefficient (Wildman–Crippen LogP) is 2.54. The summed E-state index contributed by atoms with van der Waals surface area (Å²) in [6.45, 7) is 0. The van der Waals surface area contributed by atoms with E-state index in [2.05, 4.69) is 5.32 Å². The summed E-state index contributed by atoms with van der Waals surface area (Å²) in [5.74, 6) is -7.16. The van der Waals surface area contributed by atoms with Crippen LogP contribution in [0.25, 0.3) is 0 Å². The smallest absolute Gasteiger partial charge is 0.307 e. The highest BCUT2D eigenvalue weighted by atomic mass is 19.2. The van der Waals surface area contributed by atoms with Crippen molar-refractivity contribution in [2.45, 2.75) is 19.3 Å². The van der Waals surface area contributed by atoms with E-state index in [4.69, 9.17) is 5.11 Å². The Kier molecular flexibility index (Phi) is 3.96. The van der Waals surface area contributed by atoms with Crippen molar-refractivity contribution in [2.75, 3.05) is 5.32 Å². The van der Waals surface area contributed by atoms with Crippen LogP contribution in [0.4, 0.5) is 18.9 Å². The summed E-state index contributed by atoms with van der Waals surface area (Å²) in [6, 6.07) is 0.863. The lowest BCUT2D eigenvalue weighted by Gasteiger charge is -2.16. The Morgan fingerprint density at radius 2 is 1.65 bits per heavy atom. The molecule has 2 atom stereocenters. The molecule has 1 aromatic rings. The first kappa shape index (κ1) is 14.4. The molecular weight excluding hydrogens is 275 g/mol. The molecule has 0 aliphatic heterocycles. The molecule has 1 aliphatic carbocycles. The quantitative estimate of drug-likeness (QED) is 0.840. The van der Waals surface area contributed by atoms with Gasteiger partial charge in [-0.2, -0.15) is 0 Å². The molecule has 1 aromatic carbocycles. The summed E-state index contributed by atoms with van der Waals surface area (Å²) in [5.41, 5.74) is -0.495. The number of aliphatic carboxylic acids is 1. The number of carboxylic acids is 1. The molecule has 1 fully saturated rings. The molecule has 0 spiro atoms. The maximum Gasteiger partial charge on any atom is 0.307 e. The van der Waals surface area contributed by atoms with Gasteiger partial charge in [-0.15, -0.1) is 0 Å². The number of hydrogen-bond donors (Lipinski definition) is 2. The van der Waals surface area contributed by atoms with Crippen molar-refractivity contribution >= 4 is 17.6 Å². The lowest BCUT2D eigenvalue weighted by atomic mass is 9.95. The zero-order chi connectivity index (χ0) is 14.9. The molecule has 2 unspecified atom stereocenters. The molecule has 0 saturated heterocycles. The number of halogens is 3. The van der Waals surface area contributed by atoms with Crippen LogP contribution in [0.1, 0.15) is 19.3 Å². The number of nitrogens with one attached hydrogen (secondary N) is 1. The van der Waals surface area contributed by atoms with Crippen molar-refractivity contribution in [2.24, 2.45) is 11.8 Å². The topological polar surface area (TPSA) is 66.4 Å². The maximum atomic E-state index is 13.4. The molecular formula is C13H12F3NO3. The summed E-state index contributed by atoms with van der Waals surface area (Å²) in [7, 11) is 0. The molecule has 0 bridgehead atoms. The second kappa shape index (κ2) is 5.52. The zero-order valence-corrected chi connectivity index (χ0v) is 10.3. The van der Waals surface area contributed by atoms with Gasteiger partial charge in [0.25, 0.3) is 0 Å². The average molecular weight is 287 g/mol. The van der Waals surface area contributed by atoms with Gasteiger partial charge in [-0.25, -0.2) is 13.2 Å². The summed E-state index contributed by atoms with van der Waals surface area (Å²) in [6.07, 6.45) is 1.32. The molecule has 4 nitrogen and oxygen atoms in total. The SMILES string of the molecule is O=C(O)C1CCCC1C(=O)Nc1cc(F)c(F)cc1F. The van der Waals surface area contributed by atoms with Crippen LogP contribution >= 0.6 is 0 Å². The molecule has 0 radical (unpaired) electrons. The van der Waals surface area contributed by atoms with E-state index in [0.717, 1.165) is 0 Å². The number of carbonyl (C=O) groups excluding carboxylic acids is 1. The fourth-order valence-corrected chi connectivity index (χ4v) is 2.41. The Labute approximate surface area is 112 Å². The standard InChI is InChI=1S/C13H12F3NO3/c14-8-4-10(16)11(5-9(8)15)17-12(18)6-2-1-3-7(6)13(19)20/h4-7H,1-3H2,(H,17,18)(H,19,20). The van der Waals surface area contributed by atoms with Gasteiger partial charge in [0.15, 0.2) is 11.6 Å². The predicted molar refractivity (Wildman–Crippen MR) is 63.4 cm³/mol. The van der Waals surface area contributed by atoms with Crippen LogP contribution in [-0.4, -0.2) is 17.0 Å². The number of anilines is 1. The van der Waals surface area contributed by atoms with E-state index >= 15 is 0 Å².